The van der Waals surface area contributed by atoms with E-state index >= 15 is 0 Å². The van der Waals surface area contributed by atoms with Crippen LogP contribution in [0.2, 0.25) is 0 Å². The van der Waals surface area contributed by atoms with Crippen LogP contribution in [0, 0.1) is 13.8 Å². The number of aryl methyl sites for hydroxylation is 1. The van der Waals surface area contributed by atoms with Gasteiger partial charge >= 0.3 is 5.97 Å². The van der Waals surface area contributed by atoms with E-state index in [4.69, 9.17) is 0 Å². The van der Waals surface area contributed by atoms with Gasteiger partial charge in [0.2, 0.25) is 5.43 Å². The van der Waals surface area contributed by atoms with Crippen molar-refractivity contribution in [3.8, 4) is 0 Å². The number of carbonyl (C=O) groups is 2. The van der Waals surface area contributed by atoms with Gasteiger partial charge < -0.3 is 9.30 Å². The van der Waals surface area contributed by atoms with E-state index in [-0.39, 0.29) is 23.7 Å². The first kappa shape index (κ1) is 21.5. The molecule has 2 heterocycles. The molecule has 7 nitrogen and oxygen atoms in total. The first-order chi connectivity index (χ1) is 14.4. The highest BCUT2D eigenvalue weighted by atomic mass is 16.5. The fourth-order valence-electron chi connectivity index (χ4n) is 3.75. The lowest BCUT2D eigenvalue weighted by molar-refractivity contribution is -0.140. The summed E-state index contributed by atoms with van der Waals surface area (Å²) in [6.45, 7) is 4.81. The van der Waals surface area contributed by atoms with Gasteiger partial charge in [-0.05, 0) is 44.9 Å². The molecule has 30 heavy (non-hydrogen) atoms. The number of nitrogens with zero attached hydrogens (tertiary/aromatic N) is 3. The van der Waals surface area contributed by atoms with E-state index in [0.717, 1.165) is 37.2 Å². The monoisotopic (exact) mass is 409 g/mol. The number of ketones is 1. The van der Waals surface area contributed by atoms with Crippen LogP contribution in [-0.4, -0.2) is 33.2 Å². The average molecular weight is 409 g/mol. The van der Waals surface area contributed by atoms with E-state index in [2.05, 4.69) is 14.4 Å². The van der Waals surface area contributed by atoms with E-state index < -0.39 is 0 Å². The summed E-state index contributed by atoms with van der Waals surface area (Å²) < 4.78 is 8.38. The minimum Gasteiger partial charge on any atom is -0.469 e. The van der Waals surface area contributed by atoms with Crippen LogP contribution in [-0.2, 0) is 22.6 Å². The van der Waals surface area contributed by atoms with Crippen molar-refractivity contribution in [3.05, 3.63) is 63.7 Å². The van der Waals surface area contributed by atoms with Crippen molar-refractivity contribution in [3.63, 3.8) is 0 Å². The van der Waals surface area contributed by atoms with Crippen molar-refractivity contribution < 1.29 is 14.3 Å². The molecule has 1 aromatic carbocycles. The number of unbranched alkanes of at least 4 members (excludes halogenated alkanes) is 2. The summed E-state index contributed by atoms with van der Waals surface area (Å²) in [7, 11) is 1.40. The van der Waals surface area contributed by atoms with E-state index in [1.165, 1.54) is 13.3 Å². The summed E-state index contributed by atoms with van der Waals surface area (Å²) in [4.78, 5) is 36.2. The number of hydrogen-bond donors (Lipinski definition) is 0. The Labute approximate surface area is 175 Å². The lowest BCUT2D eigenvalue weighted by Crippen LogP contribution is -2.18. The van der Waals surface area contributed by atoms with Gasteiger partial charge in [-0.25, -0.2) is 0 Å². The third-order valence-corrected chi connectivity index (χ3v) is 5.42. The van der Waals surface area contributed by atoms with Crippen LogP contribution in [0.4, 0.5) is 0 Å². The van der Waals surface area contributed by atoms with Crippen molar-refractivity contribution in [1.82, 2.24) is 14.3 Å². The molecule has 0 amide bonds. The van der Waals surface area contributed by atoms with Gasteiger partial charge in [-0.1, -0.05) is 18.6 Å². The lowest BCUT2D eigenvalue weighted by Gasteiger charge is -2.11. The topological polar surface area (TPSA) is 83.2 Å². The molecule has 0 aliphatic carbocycles. The molecule has 158 valence electrons. The molecule has 0 radical (unpaired) electrons. The normalized spacial score (nSPS) is 11.0. The maximum absolute atomic E-state index is 13.0. The highest BCUT2D eigenvalue weighted by molar-refractivity contribution is 5.98. The number of rotatable bonds is 9. The van der Waals surface area contributed by atoms with E-state index in [9.17, 15) is 14.4 Å². The van der Waals surface area contributed by atoms with Gasteiger partial charge in [-0.3, -0.25) is 19.1 Å². The van der Waals surface area contributed by atoms with Crippen LogP contribution in [0.1, 0.15) is 47.4 Å². The highest BCUT2D eigenvalue weighted by Crippen LogP contribution is 2.18. The van der Waals surface area contributed by atoms with E-state index in [1.807, 2.05) is 26.0 Å². The molecule has 0 spiro atoms. The number of carbonyl (C=O) groups excluding carboxylic acids is 2. The molecule has 3 aromatic rings. The Balaban J connectivity index is 1.70. The zero-order valence-electron chi connectivity index (χ0n) is 17.7. The Hall–Kier alpha value is -3.22. The molecular formula is C23H27N3O4. The van der Waals surface area contributed by atoms with Crippen molar-refractivity contribution in [2.75, 3.05) is 7.11 Å². The largest absolute Gasteiger partial charge is 0.469 e. The SMILES string of the molecule is COC(=O)CCCCCn1c(C)cc(C(=O)Cn2ncc(=O)c3ccccc32)c1C. The predicted octanol–water partition coefficient (Wildman–Crippen LogP) is 3.43. The smallest absolute Gasteiger partial charge is 0.305 e. The van der Waals surface area contributed by atoms with Gasteiger partial charge in [-0.2, -0.15) is 5.10 Å². The number of hydrogen-bond acceptors (Lipinski definition) is 5. The third-order valence-electron chi connectivity index (χ3n) is 5.42. The highest BCUT2D eigenvalue weighted by Gasteiger charge is 2.17. The molecular weight excluding hydrogens is 382 g/mol. The Morgan fingerprint density at radius 3 is 2.63 bits per heavy atom. The van der Waals surface area contributed by atoms with Crippen molar-refractivity contribution in [2.45, 2.75) is 52.6 Å². The Bertz CT molecular complexity index is 1130. The molecule has 0 saturated heterocycles. The standard InChI is InChI=1S/C23H27N3O4/c1-16-13-19(17(2)25(16)12-8-4-5-11-23(29)30-3)22(28)15-26-20-10-7-6-9-18(20)21(27)14-24-26/h6-7,9-10,13-14H,4-5,8,11-12,15H2,1-3H3. The molecule has 0 unspecified atom stereocenters. The lowest BCUT2D eigenvalue weighted by atomic mass is 10.1. The number of para-hydroxylation sites is 1. The fraction of sp³-hybridized carbons (Fsp3) is 0.391. The zero-order chi connectivity index (χ0) is 21.7. The van der Waals surface area contributed by atoms with E-state index in [1.54, 1.807) is 22.9 Å². The van der Waals surface area contributed by atoms with Gasteiger partial charge in [0, 0.05) is 35.3 Å². The van der Waals surface area contributed by atoms with Crippen LogP contribution >= 0.6 is 0 Å². The molecule has 0 atom stereocenters. The molecule has 3 rings (SSSR count). The van der Waals surface area contributed by atoms with Crippen LogP contribution in [0.5, 0.6) is 0 Å². The Morgan fingerprint density at radius 1 is 1.10 bits per heavy atom. The first-order valence-corrected chi connectivity index (χ1v) is 10.1. The molecule has 0 aliphatic rings. The molecule has 0 saturated carbocycles. The first-order valence-electron chi connectivity index (χ1n) is 10.1. The summed E-state index contributed by atoms with van der Waals surface area (Å²) >= 11 is 0. The van der Waals surface area contributed by atoms with Crippen LogP contribution in [0.3, 0.4) is 0 Å². The van der Waals surface area contributed by atoms with Gasteiger partial charge in [0.15, 0.2) is 5.78 Å². The predicted molar refractivity (Wildman–Crippen MR) is 115 cm³/mol. The number of Topliss-reactive ketones (excluding diaryl/α,β-unsaturated/α-hetero) is 1. The maximum atomic E-state index is 13.0. The summed E-state index contributed by atoms with van der Waals surface area (Å²) in [6, 6.07) is 9.09. The summed E-state index contributed by atoms with van der Waals surface area (Å²) in [5.41, 5.74) is 3.13. The summed E-state index contributed by atoms with van der Waals surface area (Å²) in [5.74, 6) is -0.221. The second kappa shape index (κ2) is 9.52. The number of esters is 1. The second-order valence-electron chi connectivity index (χ2n) is 7.43. The number of ether oxygens (including phenoxy) is 1. The zero-order valence-corrected chi connectivity index (χ0v) is 17.7. The molecule has 7 heteroatoms. The van der Waals surface area contributed by atoms with Gasteiger partial charge in [-0.15, -0.1) is 0 Å². The molecule has 0 N–H and O–H groups in total. The minimum absolute atomic E-state index is 0.0404. The summed E-state index contributed by atoms with van der Waals surface area (Å²) in [5, 5.41) is 4.71. The molecule has 0 aliphatic heterocycles. The van der Waals surface area contributed by atoms with Crippen molar-refractivity contribution >= 4 is 22.7 Å². The van der Waals surface area contributed by atoms with Crippen LogP contribution in [0.25, 0.3) is 10.9 Å². The molecule has 2 aromatic heterocycles. The average Bonchev–Trinajstić information content (AvgIpc) is 3.03. The van der Waals surface area contributed by atoms with Crippen LogP contribution < -0.4 is 5.43 Å². The Kier molecular flexibility index (Phi) is 6.82. The van der Waals surface area contributed by atoms with Gasteiger partial charge in [0.1, 0.15) is 6.54 Å². The van der Waals surface area contributed by atoms with Crippen molar-refractivity contribution in [2.24, 2.45) is 0 Å². The quantitative estimate of drug-likeness (QED) is 0.307. The van der Waals surface area contributed by atoms with E-state index in [0.29, 0.717) is 22.9 Å². The van der Waals surface area contributed by atoms with Gasteiger partial charge in [0.05, 0.1) is 18.8 Å². The third kappa shape index (κ3) is 4.67. The van der Waals surface area contributed by atoms with Gasteiger partial charge in [0.25, 0.3) is 0 Å². The van der Waals surface area contributed by atoms with Crippen LogP contribution in [0.15, 0.2) is 41.3 Å². The number of aromatic nitrogens is 3. The second-order valence-corrected chi connectivity index (χ2v) is 7.43. The minimum atomic E-state index is -0.181. The molecule has 0 fully saturated rings. The fourth-order valence-corrected chi connectivity index (χ4v) is 3.75. The van der Waals surface area contributed by atoms with Crippen molar-refractivity contribution in [1.29, 1.82) is 0 Å². The number of fused-ring (bicyclic) bond motifs is 1. The maximum Gasteiger partial charge on any atom is 0.305 e. The summed E-state index contributed by atoms with van der Waals surface area (Å²) in [6.07, 6.45) is 4.33. The number of methoxy groups -OCH3 is 1. The number of benzene rings is 1. The molecule has 0 bridgehead atoms. The Morgan fingerprint density at radius 2 is 1.87 bits per heavy atom.